The molecule has 0 aromatic heterocycles. The number of hydrogen-bond acceptors (Lipinski definition) is 4. The topological polar surface area (TPSA) is 55.9 Å². The molecule has 0 aromatic carbocycles. The summed E-state index contributed by atoms with van der Waals surface area (Å²) in [5, 5.41) is 3.33. The zero-order chi connectivity index (χ0) is 15.6. The smallest absolute Gasteiger partial charge is 0.230 e. The van der Waals surface area contributed by atoms with Crippen LogP contribution in [0.15, 0.2) is 0 Å². The average Bonchev–Trinajstić information content (AvgIpc) is 2.97. The molecule has 3 rings (SSSR count). The average molecular weight is 308 g/mol. The minimum Gasteiger partial charge on any atom is -0.345 e. The van der Waals surface area contributed by atoms with Gasteiger partial charge in [-0.05, 0) is 19.3 Å². The van der Waals surface area contributed by atoms with Crippen molar-refractivity contribution >= 4 is 11.8 Å². The molecule has 3 saturated heterocycles. The Labute approximate surface area is 132 Å². The van der Waals surface area contributed by atoms with Crippen molar-refractivity contribution in [2.75, 3.05) is 59.4 Å². The zero-order valence-electron chi connectivity index (χ0n) is 13.6. The molecular formula is C16H28N4O2. The number of likely N-dealkylation sites (tertiary alicyclic amines) is 2. The van der Waals surface area contributed by atoms with Crippen LogP contribution in [0.3, 0.4) is 0 Å². The van der Waals surface area contributed by atoms with E-state index in [0.29, 0.717) is 13.0 Å². The van der Waals surface area contributed by atoms with E-state index >= 15 is 0 Å². The molecule has 0 radical (unpaired) electrons. The first-order valence-electron chi connectivity index (χ1n) is 8.57. The van der Waals surface area contributed by atoms with E-state index in [9.17, 15) is 9.59 Å². The summed E-state index contributed by atoms with van der Waals surface area (Å²) < 4.78 is 0. The van der Waals surface area contributed by atoms with Crippen molar-refractivity contribution < 1.29 is 9.59 Å². The Morgan fingerprint density at radius 3 is 2.73 bits per heavy atom. The third kappa shape index (κ3) is 3.13. The number of piperidine rings is 1. The highest BCUT2D eigenvalue weighted by molar-refractivity contribution is 5.86. The van der Waals surface area contributed by atoms with Gasteiger partial charge < -0.3 is 20.0 Å². The molecule has 6 nitrogen and oxygen atoms in total. The number of piperazine rings is 1. The van der Waals surface area contributed by atoms with Crippen molar-refractivity contribution in [3.8, 4) is 0 Å². The minimum absolute atomic E-state index is 0.219. The van der Waals surface area contributed by atoms with Gasteiger partial charge in [-0.3, -0.25) is 9.59 Å². The quantitative estimate of drug-likeness (QED) is 0.781. The molecule has 3 aliphatic rings. The highest BCUT2D eigenvalue weighted by Crippen LogP contribution is 2.39. The first kappa shape index (κ1) is 15.7. The minimum atomic E-state index is -0.280. The largest absolute Gasteiger partial charge is 0.345 e. The van der Waals surface area contributed by atoms with E-state index in [2.05, 4.69) is 10.2 Å². The Kier molecular flexibility index (Phi) is 4.68. The standard InChI is InChI=1S/C16H28N4O2/c1-18-8-2-4-16(15(18)22)5-10-20(13-16)14(21)3-9-19-11-6-17-7-12-19/h17H,2-13H2,1H3/t16-/m0/s1. The van der Waals surface area contributed by atoms with Gasteiger partial charge in [-0.1, -0.05) is 0 Å². The fourth-order valence-electron chi connectivity index (χ4n) is 4.08. The van der Waals surface area contributed by atoms with Gasteiger partial charge in [-0.25, -0.2) is 0 Å². The number of rotatable bonds is 3. The van der Waals surface area contributed by atoms with Crippen molar-refractivity contribution in [2.24, 2.45) is 5.41 Å². The van der Waals surface area contributed by atoms with Crippen LogP contribution in [0.1, 0.15) is 25.7 Å². The van der Waals surface area contributed by atoms with Crippen molar-refractivity contribution in [3.05, 3.63) is 0 Å². The molecular weight excluding hydrogens is 280 g/mol. The van der Waals surface area contributed by atoms with Gasteiger partial charge in [-0.2, -0.15) is 0 Å². The summed E-state index contributed by atoms with van der Waals surface area (Å²) in [6.45, 7) is 7.18. The predicted octanol–water partition coefficient (Wildman–Crippen LogP) is -0.247. The van der Waals surface area contributed by atoms with Gasteiger partial charge in [0.1, 0.15) is 0 Å². The lowest BCUT2D eigenvalue weighted by Crippen LogP contribution is -2.49. The van der Waals surface area contributed by atoms with E-state index in [4.69, 9.17) is 0 Å². The van der Waals surface area contributed by atoms with E-state index in [1.165, 1.54) is 0 Å². The number of carbonyl (C=O) groups excluding carboxylic acids is 2. The fraction of sp³-hybridized carbons (Fsp3) is 0.875. The Bertz CT molecular complexity index is 436. The third-order valence-corrected chi connectivity index (χ3v) is 5.51. The maximum absolute atomic E-state index is 12.5. The van der Waals surface area contributed by atoms with E-state index < -0.39 is 0 Å². The third-order valence-electron chi connectivity index (χ3n) is 5.51. The summed E-state index contributed by atoms with van der Waals surface area (Å²) in [5.74, 6) is 0.465. The highest BCUT2D eigenvalue weighted by Gasteiger charge is 2.48. The molecule has 1 spiro atoms. The molecule has 124 valence electrons. The van der Waals surface area contributed by atoms with Crippen molar-refractivity contribution in [3.63, 3.8) is 0 Å². The zero-order valence-corrected chi connectivity index (χ0v) is 13.6. The molecule has 1 N–H and O–H groups in total. The van der Waals surface area contributed by atoms with Crippen molar-refractivity contribution in [2.45, 2.75) is 25.7 Å². The number of amides is 2. The molecule has 0 saturated carbocycles. The second kappa shape index (κ2) is 6.54. The van der Waals surface area contributed by atoms with Crippen molar-refractivity contribution in [1.29, 1.82) is 0 Å². The second-order valence-electron chi connectivity index (χ2n) is 7.02. The molecule has 0 aliphatic carbocycles. The van der Waals surface area contributed by atoms with Crippen molar-refractivity contribution in [1.82, 2.24) is 20.0 Å². The number of nitrogens with zero attached hydrogens (tertiary/aromatic N) is 3. The molecule has 3 aliphatic heterocycles. The van der Waals surface area contributed by atoms with Crippen LogP contribution in [0.2, 0.25) is 0 Å². The SMILES string of the molecule is CN1CCC[C@@]2(CCN(C(=O)CCN3CCNCC3)C2)C1=O. The summed E-state index contributed by atoms with van der Waals surface area (Å²) in [5.41, 5.74) is -0.280. The van der Waals surface area contributed by atoms with Crippen LogP contribution >= 0.6 is 0 Å². The van der Waals surface area contributed by atoms with Gasteiger partial charge in [-0.15, -0.1) is 0 Å². The van der Waals surface area contributed by atoms with Crippen LogP contribution in [0.25, 0.3) is 0 Å². The van der Waals surface area contributed by atoms with Crippen LogP contribution in [0.4, 0.5) is 0 Å². The predicted molar refractivity (Wildman–Crippen MR) is 84.4 cm³/mol. The molecule has 3 fully saturated rings. The van der Waals surface area contributed by atoms with Gasteiger partial charge in [0, 0.05) is 65.8 Å². The van der Waals surface area contributed by atoms with Crippen LogP contribution in [-0.2, 0) is 9.59 Å². The van der Waals surface area contributed by atoms with Gasteiger partial charge in [0.15, 0.2) is 0 Å². The van der Waals surface area contributed by atoms with E-state index in [1.54, 1.807) is 0 Å². The maximum Gasteiger partial charge on any atom is 0.230 e. The lowest BCUT2D eigenvalue weighted by atomic mass is 9.78. The monoisotopic (exact) mass is 308 g/mol. The first-order valence-corrected chi connectivity index (χ1v) is 8.57. The molecule has 3 heterocycles. The molecule has 2 amide bonds. The second-order valence-corrected chi connectivity index (χ2v) is 7.02. The molecule has 0 aromatic rings. The van der Waals surface area contributed by atoms with Gasteiger partial charge in [0.05, 0.1) is 5.41 Å². The lowest BCUT2D eigenvalue weighted by Gasteiger charge is -2.37. The number of carbonyl (C=O) groups is 2. The van der Waals surface area contributed by atoms with E-state index in [1.807, 2.05) is 16.8 Å². The highest BCUT2D eigenvalue weighted by atomic mass is 16.2. The normalized spacial score (nSPS) is 30.3. The molecule has 1 atom stereocenters. The van der Waals surface area contributed by atoms with Gasteiger partial charge in [0.2, 0.25) is 11.8 Å². The number of hydrogen-bond donors (Lipinski definition) is 1. The molecule has 0 unspecified atom stereocenters. The lowest BCUT2D eigenvalue weighted by molar-refractivity contribution is -0.144. The summed E-state index contributed by atoms with van der Waals surface area (Å²) in [6.07, 6.45) is 3.43. The Hall–Kier alpha value is -1.14. The van der Waals surface area contributed by atoms with Crippen LogP contribution < -0.4 is 5.32 Å². The summed E-state index contributed by atoms with van der Waals surface area (Å²) in [7, 11) is 1.89. The number of nitrogens with one attached hydrogen (secondary N) is 1. The molecule has 22 heavy (non-hydrogen) atoms. The Balaban J connectivity index is 1.51. The van der Waals surface area contributed by atoms with E-state index in [0.717, 1.165) is 65.1 Å². The van der Waals surface area contributed by atoms with Gasteiger partial charge in [0.25, 0.3) is 0 Å². The molecule has 6 heteroatoms. The maximum atomic E-state index is 12.5. The van der Waals surface area contributed by atoms with Crippen LogP contribution in [0.5, 0.6) is 0 Å². The summed E-state index contributed by atoms with van der Waals surface area (Å²) in [4.78, 5) is 31.1. The molecule has 0 bridgehead atoms. The van der Waals surface area contributed by atoms with E-state index in [-0.39, 0.29) is 17.2 Å². The summed E-state index contributed by atoms with van der Waals surface area (Å²) >= 11 is 0. The Morgan fingerprint density at radius 1 is 1.18 bits per heavy atom. The fourth-order valence-corrected chi connectivity index (χ4v) is 4.08. The Morgan fingerprint density at radius 2 is 1.95 bits per heavy atom. The van der Waals surface area contributed by atoms with Gasteiger partial charge >= 0.3 is 0 Å². The first-order chi connectivity index (χ1) is 10.6. The van der Waals surface area contributed by atoms with Crippen LogP contribution in [0, 0.1) is 5.41 Å². The van der Waals surface area contributed by atoms with Crippen LogP contribution in [-0.4, -0.2) is 85.9 Å². The summed E-state index contributed by atoms with van der Waals surface area (Å²) in [6, 6.07) is 0.